The molecule has 0 unspecified atom stereocenters. The van der Waals surface area contributed by atoms with Crippen molar-refractivity contribution in [3.8, 4) is 44.5 Å². The second-order valence-electron chi connectivity index (χ2n) is 14.9. The number of hydrogen-bond donors (Lipinski definition) is 0. The van der Waals surface area contributed by atoms with E-state index in [1.807, 2.05) is 0 Å². The van der Waals surface area contributed by atoms with Gasteiger partial charge >= 0.3 is 0 Å². The molecule has 0 bridgehead atoms. The van der Waals surface area contributed by atoms with Gasteiger partial charge in [-0.15, -0.1) is 0 Å². The van der Waals surface area contributed by atoms with Gasteiger partial charge in [-0.1, -0.05) is 194 Å². The third kappa shape index (κ3) is 7.12. The Labute approximate surface area is 352 Å². The van der Waals surface area contributed by atoms with E-state index < -0.39 is 0 Å². The third-order valence-corrected chi connectivity index (χ3v) is 11.2. The average molecular weight is 767 g/mol. The highest BCUT2D eigenvalue weighted by molar-refractivity contribution is 6.07. The number of nitrogens with zero attached hydrogens (tertiary/aromatic N) is 2. The highest BCUT2D eigenvalue weighted by Gasteiger charge is 2.24. The van der Waals surface area contributed by atoms with E-state index in [4.69, 9.17) is 0 Å². The Morgan fingerprint density at radius 2 is 0.583 bits per heavy atom. The highest BCUT2D eigenvalue weighted by Crippen LogP contribution is 2.49. The van der Waals surface area contributed by atoms with Crippen LogP contribution in [0.2, 0.25) is 0 Å². The molecule has 0 saturated carbocycles. The van der Waals surface area contributed by atoms with Crippen LogP contribution < -0.4 is 9.80 Å². The second kappa shape index (κ2) is 16.5. The lowest BCUT2D eigenvalue weighted by Gasteiger charge is -2.31. The van der Waals surface area contributed by atoms with Gasteiger partial charge in [-0.3, -0.25) is 0 Å². The summed E-state index contributed by atoms with van der Waals surface area (Å²) < 4.78 is 0. The maximum Gasteiger partial charge on any atom is 0.0546 e. The SMILES string of the molecule is c1ccc(-c2ccccc2N(c2ccccc2)c2cc(-c3ccccc3)c3cc(-c4ccccc4)c(N(c4ccccc4)c4ccccc4-c4ccccc4)cc3c2)cc1. The third-order valence-electron chi connectivity index (χ3n) is 11.2. The van der Waals surface area contributed by atoms with Gasteiger partial charge in [0.2, 0.25) is 0 Å². The second-order valence-corrected chi connectivity index (χ2v) is 14.9. The summed E-state index contributed by atoms with van der Waals surface area (Å²) in [6.45, 7) is 0. The zero-order chi connectivity index (χ0) is 40.1. The molecule has 0 aliphatic heterocycles. The van der Waals surface area contributed by atoms with Crippen LogP contribution in [-0.4, -0.2) is 0 Å². The molecule has 0 amide bonds. The number of benzene rings is 10. The Balaban J connectivity index is 1.30. The van der Waals surface area contributed by atoms with E-state index in [0.717, 1.165) is 67.3 Å². The molecule has 0 spiro atoms. The van der Waals surface area contributed by atoms with Gasteiger partial charge in [-0.2, -0.15) is 0 Å². The predicted molar refractivity (Wildman–Crippen MR) is 255 cm³/mol. The quantitative estimate of drug-likeness (QED) is 0.137. The number of hydrogen-bond acceptors (Lipinski definition) is 2. The van der Waals surface area contributed by atoms with Crippen LogP contribution in [-0.2, 0) is 0 Å². The minimum absolute atomic E-state index is 1.07. The molecule has 10 aromatic rings. The molecule has 0 radical (unpaired) electrons. The number of rotatable bonds is 10. The minimum atomic E-state index is 1.07. The number of fused-ring (bicyclic) bond motifs is 1. The van der Waals surface area contributed by atoms with Crippen molar-refractivity contribution in [1.29, 1.82) is 0 Å². The summed E-state index contributed by atoms with van der Waals surface area (Å²) in [6.07, 6.45) is 0. The highest BCUT2D eigenvalue weighted by atomic mass is 15.2. The van der Waals surface area contributed by atoms with Gasteiger partial charge in [0.25, 0.3) is 0 Å². The number of para-hydroxylation sites is 4. The molecule has 10 aromatic carbocycles. The van der Waals surface area contributed by atoms with Crippen molar-refractivity contribution in [2.75, 3.05) is 9.80 Å². The Hall–Kier alpha value is -7.94. The molecule has 10 rings (SSSR count). The van der Waals surface area contributed by atoms with E-state index in [-0.39, 0.29) is 0 Å². The molecule has 0 aliphatic rings. The topological polar surface area (TPSA) is 6.48 Å². The summed E-state index contributed by atoms with van der Waals surface area (Å²) in [5.74, 6) is 0. The molecule has 0 aliphatic carbocycles. The van der Waals surface area contributed by atoms with E-state index >= 15 is 0 Å². The van der Waals surface area contributed by atoms with E-state index in [1.54, 1.807) is 0 Å². The van der Waals surface area contributed by atoms with E-state index in [9.17, 15) is 0 Å². The molecule has 0 aromatic heterocycles. The molecule has 0 heterocycles. The van der Waals surface area contributed by atoms with Gasteiger partial charge in [0.05, 0.1) is 17.1 Å². The van der Waals surface area contributed by atoms with Crippen LogP contribution in [0.3, 0.4) is 0 Å². The minimum Gasteiger partial charge on any atom is -0.310 e. The lowest BCUT2D eigenvalue weighted by atomic mass is 9.91. The first-order valence-corrected chi connectivity index (χ1v) is 20.5. The Morgan fingerprint density at radius 1 is 0.217 bits per heavy atom. The molecule has 0 atom stereocenters. The molecule has 284 valence electrons. The van der Waals surface area contributed by atoms with Crippen LogP contribution in [0.15, 0.2) is 255 Å². The summed E-state index contributed by atoms with van der Waals surface area (Å²) in [6, 6.07) is 91.7. The normalized spacial score (nSPS) is 11.0. The van der Waals surface area contributed by atoms with Crippen molar-refractivity contribution >= 4 is 44.9 Å². The summed E-state index contributed by atoms with van der Waals surface area (Å²) in [7, 11) is 0. The van der Waals surface area contributed by atoms with Crippen molar-refractivity contribution < 1.29 is 0 Å². The maximum absolute atomic E-state index is 2.44. The summed E-state index contributed by atoms with van der Waals surface area (Å²) >= 11 is 0. The Morgan fingerprint density at radius 3 is 1.07 bits per heavy atom. The van der Waals surface area contributed by atoms with Gasteiger partial charge in [0, 0.05) is 33.8 Å². The van der Waals surface area contributed by atoms with Crippen LogP contribution in [0.1, 0.15) is 0 Å². The first kappa shape index (κ1) is 36.4. The van der Waals surface area contributed by atoms with Crippen LogP contribution in [0.4, 0.5) is 34.1 Å². The monoisotopic (exact) mass is 766 g/mol. The van der Waals surface area contributed by atoms with Crippen LogP contribution in [0, 0.1) is 0 Å². The van der Waals surface area contributed by atoms with E-state index in [1.165, 1.54) is 22.1 Å². The fourth-order valence-corrected chi connectivity index (χ4v) is 8.45. The maximum atomic E-state index is 2.44. The largest absolute Gasteiger partial charge is 0.310 e. The summed E-state index contributed by atoms with van der Waals surface area (Å²) in [5.41, 5.74) is 15.8. The fraction of sp³-hybridized carbons (Fsp3) is 0. The Bertz CT molecular complexity index is 3000. The lowest BCUT2D eigenvalue weighted by molar-refractivity contribution is 1.28. The number of anilines is 6. The molecule has 60 heavy (non-hydrogen) atoms. The fourth-order valence-electron chi connectivity index (χ4n) is 8.45. The van der Waals surface area contributed by atoms with Crippen molar-refractivity contribution in [3.05, 3.63) is 255 Å². The predicted octanol–water partition coefficient (Wildman–Crippen LogP) is 16.4. The van der Waals surface area contributed by atoms with Crippen molar-refractivity contribution in [1.82, 2.24) is 0 Å². The van der Waals surface area contributed by atoms with Gasteiger partial charge in [0.1, 0.15) is 0 Å². The van der Waals surface area contributed by atoms with Crippen LogP contribution in [0.5, 0.6) is 0 Å². The van der Waals surface area contributed by atoms with E-state index in [0.29, 0.717) is 0 Å². The van der Waals surface area contributed by atoms with E-state index in [2.05, 4.69) is 265 Å². The molecular formula is C58H42N2. The zero-order valence-corrected chi connectivity index (χ0v) is 33.1. The molecule has 2 nitrogen and oxygen atoms in total. The average Bonchev–Trinajstić information content (AvgIpc) is 3.33. The van der Waals surface area contributed by atoms with Crippen molar-refractivity contribution in [2.24, 2.45) is 0 Å². The van der Waals surface area contributed by atoms with Gasteiger partial charge in [0.15, 0.2) is 0 Å². The first-order valence-electron chi connectivity index (χ1n) is 20.5. The molecule has 0 fully saturated rings. The van der Waals surface area contributed by atoms with Gasteiger partial charge in [-0.25, -0.2) is 0 Å². The van der Waals surface area contributed by atoms with Crippen molar-refractivity contribution in [3.63, 3.8) is 0 Å². The standard InChI is InChI=1S/C58H42N2/c1-7-23-43(24-8-1)51-35-19-21-37-56(51)59(48-31-15-5-16-32-48)50-39-47-40-58(55(46-29-13-4-14-30-46)42-54(47)53(41-50)45-27-11-3-12-28-45)60(49-33-17-6-18-34-49)57-38-22-20-36-52(57)44-25-9-2-10-26-44/h1-42H. The van der Waals surface area contributed by atoms with Gasteiger partial charge in [-0.05, 0) is 99.3 Å². The molecule has 2 heteroatoms. The Kier molecular flexibility index (Phi) is 10.0. The van der Waals surface area contributed by atoms with Gasteiger partial charge < -0.3 is 9.80 Å². The first-order chi connectivity index (χ1) is 29.8. The summed E-state index contributed by atoms with van der Waals surface area (Å²) in [5, 5.41) is 2.32. The lowest BCUT2D eigenvalue weighted by Crippen LogP contribution is -2.13. The van der Waals surface area contributed by atoms with Crippen LogP contribution in [0.25, 0.3) is 55.3 Å². The van der Waals surface area contributed by atoms with Crippen LogP contribution >= 0.6 is 0 Å². The molecule has 0 N–H and O–H groups in total. The molecular weight excluding hydrogens is 725 g/mol. The zero-order valence-electron chi connectivity index (χ0n) is 33.1. The van der Waals surface area contributed by atoms with Crippen molar-refractivity contribution in [2.45, 2.75) is 0 Å². The summed E-state index contributed by atoms with van der Waals surface area (Å²) in [4.78, 5) is 4.86. The smallest absolute Gasteiger partial charge is 0.0546 e. The molecule has 0 saturated heterocycles.